The lowest BCUT2D eigenvalue weighted by atomic mass is 10.1. The van der Waals surface area contributed by atoms with Gasteiger partial charge in [-0.05, 0) is 31.5 Å². The van der Waals surface area contributed by atoms with Gasteiger partial charge in [0.15, 0.2) is 6.10 Å². The summed E-state index contributed by atoms with van der Waals surface area (Å²) in [5.74, 6) is -0.489. The Morgan fingerprint density at radius 3 is 2.70 bits per heavy atom. The predicted octanol–water partition coefficient (Wildman–Crippen LogP) is 1.35. The molecule has 0 aliphatic rings. The van der Waals surface area contributed by atoms with Crippen LogP contribution in [0.3, 0.4) is 0 Å². The summed E-state index contributed by atoms with van der Waals surface area (Å²) < 4.78 is 10.1. The lowest BCUT2D eigenvalue weighted by Gasteiger charge is -2.14. The van der Waals surface area contributed by atoms with Crippen LogP contribution in [0.2, 0.25) is 0 Å². The number of nitrogens with two attached hydrogens (primary N) is 1. The SMILES string of the molecule is CCCNC(=O)C(C)OC(=O)c1cc(OC)ccc1N. The zero-order valence-corrected chi connectivity index (χ0v) is 11.9. The molecule has 1 atom stereocenters. The first kappa shape index (κ1) is 15.8. The standard InChI is InChI=1S/C14H20N2O4/c1-4-7-16-13(17)9(2)20-14(18)11-8-10(19-3)5-6-12(11)15/h5-6,8-9H,4,7,15H2,1-3H3,(H,16,17). The van der Waals surface area contributed by atoms with Gasteiger partial charge in [0.2, 0.25) is 0 Å². The predicted molar refractivity (Wildman–Crippen MR) is 75.6 cm³/mol. The maximum absolute atomic E-state index is 12.0. The van der Waals surface area contributed by atoms with Crippen molar-refractivity contribution in [3.8, 4) is 5.75 Å². The van der Waals surface area contributed by atoms with E-state index in [9.17, 15) is 9.59 Å². The summed E-state index contributed by atoms with van der Waals surface area (Å²) in [5.41, 5.74) is 6.18. The number of nitrogen functional groups attached to an aromatic ring is 1. The van der Waals surface area contributed by atoms with E-state index in [-0.39, 0.29) is 17.2 Å². The summed E-state index contributed by atoms with van der Waals surface area (Å²) in [6.07, 6.45) is -0.0606. The topological polar surface area (TPSA) is 90.6 Å². The molecule has 0 saturated carbocycles. The third-order valence-electron chi connectivity index (χ3n) is 2.68. The molecule has 0 aliphatic heterocycles. The molecular weight excluding hydrogens is 260 g/mol. The second-order valence-corrected chi connectivity index (χ2v) is 4.29. The molecule has 0 fully saturated rings. The van der Waals surface area contributed by atoms with E-state index in [1.807, 2.05) is 6.92 Å². The van der Waals surface area contributed by atoms with Gasteiger partial charge >= 0.3 is 5.97 Å². The number of hydrogen-bond donors (Lipinski definition) is 2. The summed E-state index contributed by atoms with van der Waals surface area (Å²) in [7, 11) is 1.49. The summed E-state index contributed by atoms with van der Waals surface area (Å²) in [6, 6.07) is 4.68. The van der Waals surface area contributed by atoms with Crippen LogP contribution >= 0.6 is 0 Å². The van der Waals surface area contributed by atoms with E-state index in [0.29, 0.717) is 12.3 Å². The molecule has 1 aromatic rings. The summed E-state index contributed by atoms with van der Waals surface area (Å²) in [6.45, 7) is 4.00. The first-order chi connectivity index (χ1) is 9.49. The summed E-state index contributed by atoms with van der Waals surface area (Å²) >= 11 is 0. The largest absolute Gasteiger partial charge is 0.497 e. The number of carbonyl (C=O) groups excluding carboxylic acids is 2. The van der Waals surface area contributed by atoms with Crippen molar-refractivity contribution in [1.29, 1.82) is 0 Å². The average molecular weight is 280 g/mol. The lowest BCUT2D eigenvalue weighted by Crippen LogP contribution is -2.36. The number of rotatable bonds is 6. The van der Waals surface area contributed by atoms with Gasteiger partial charge in [0, 0.05) is 12.2 Å². The Kier molecular flexibility index (Phi) is 5.83. The molecular formula is C14H20N2O4. The minimum atomic E-state index is -0.875. The fraction of sp³-hybridized carbons (Fsp3) is 0.429. The molecule has 6 nitrogen and oxygen atoms in total. The molecule has 0 saturated heterocycles. The highest BCUT2D eigenvalue weighted by molar-refractivity contribution is 5.97. The van der Waals surface area contributed by atoms with E-state index in [1.54, 1.807) is 12.1 Å². The lowest BCUT2D eigenvalue weighted by molar-refractivity contribution is -0.129. The Balaban J connectivity index is 2.73. The van der Waals surface area contributed by atoms with Crippen LogP contribution in [-0.2, 0) is 9.53 Å². The van der Waals surface area contributed by atoms with E-state index in [2.05, 4.69) is 5.32 Å². The monoisotopic (exact) mass is 280 g/mol. The van der Waals surface area contributed by atoms with Crippen LogP contribution in [0.15, 0.2) is 18.2 Å². The van der Waals surface area contributed by atoms with Gasteiger partial charge in [-0.3, -0.25) is 4.79 Å². The van der Waals surface area contributed by atoms with Crippen molar-refractivity contribution in [1.82, 2.24) is 5.32 Å². The number of carbonyl (C=O) groups is 2. The van der Waals surface area contributed by atoms with Crippen molar-refractivity contribution < 1.29 is 19.1 Å². The van der Waals surface area contributed by atoms with Crippen LogP contribution in [0, 0.1) is 0 Å². The fourth-order valence-electron chi connectivity index (χ4n) is 1.51. The molecule has 1 amide bonds. The van der Waals surface area contributed by atoms with Gasteiger partial charge in [-0.15, -0.1) is 0 Å². The maximum Gasteiger partial charge on any atom is 0.341 e. The number of esters is 1. The molecule has 1 aromatic carbocycles. The molecule has 20 heavy (non-hydrogen) atoms. The fourth-order valence-corrected chi connectivity index (χ4v) is 1.51. The molecule has 0 aromatic heterocycles. The summed E-state index contributed by atoms with van der Waals surface area (Å²) in [5, 5.41) is 2.65. The highest BCUT2D eigenvalue weighted by atomic mass is 16.5. The minimum Gasteiger partial charge on any atom is -0.497 e. The van der Waals surface area contributed by atoms with Gasteiger partial charge in [0.25, 0.3) is 5.91 Å². The van der Waals surface area contributed by atoms with E-state index in [1.165, 1.54) is 20.1 Å². The number of ether oxygens (including phenoxy) is 2. The van der Waals surface area contributed by atoms with Gasteiger partial charge < -0.3 is 20.5 Å². The highest BCUT2D eigenvalue weighted by Gasteiger charge is 2.20. The van der Waals surface area contributed by atoms with Gasteiger partial charge in [-0.2, -0.15) is 0 Å². The molecule has 3 N–H and O–H groups in total. The molecule has 1 unspecified atom stereocenters. The first-order valence-electron chi connectivity index (χ1n) is 6.41. The Labute approximate surface area is 118 Å². The molecule has 0 aliphatic carbocycles. The van der Waals surface area contributed by atoms with Crippen molar-refractivity contribution in [3.63, 3.8) is 0 Å². The normalized spacial score (nSPS) is 11.6. The summed E-state index contributed by atoms with van der Waals surface area (Å²) in [4.78, 5) is 23.6. The number of anilines is 1. The van der Waals surface area contributed by atoms with Crippen molar-refractivity contribution in [3.05, 3.63) is 23.8 Å². The van der Waals surface area contributed by atoms with Crippen molar-refractivity contribution in [2.75, 3.05) is 19.4 Å². The van der Waals surface area contributed by atoms with Gasteiger partial charge in [-0.1, -0.05) is 6.92 Å². The Hall–Kier alpha value is -2.24. The molecule has 0 heterocycles. The van der Waals surface area contributed by atoms with Crippen LogP contribution in [0.25, 0.3) is 0 Å². The minimum absolute atomic E-state index is 0.180. The number of methoxy groups -OCH3 is 1. The van der Waals surface area contributed by atoms with Crippen LogP contribution in [0.4, 0.5) is 5.69 Å². The van der Waals surface area contributed by atoms with Crippen molar-refractivity contribution in [2.24, 2.45) is 0 Å². The van der Waals surface area contributed by atoms with Gasteiger partial charge in [-0.25, -0.2) is 4.79 Å². The Morgan fingerprint density at radius 2 is 2.10 bits per heavy atom. The molecule has 0 spiro atoms. The van der Waals surface area contributed by atoms with Crippen molar-refractivity contribution in [2.45, 2.75) is 26.4 Å². The third-order valence-corrected chi connectivity index (χ3v) is 2.68. The second kappa shape index (κ2) is 7.37. The molecule has 110 valence electrons. The smallest absolute Gasteiger partial charge is 0.341 e. The van der Waals surface area contributed by atoms with E-state index in [4.69, 9.17) is 15.2 Å². The molecule has 6 heteroatoms. The van der Waals surface area contributed by atoms with E-state index in [0.717, 1.165) is 6.42 Å². The Bertz CT molecular complexity index is 488. The van der Waals surface area contributed by atoms with Gasteiger partial charge in [0.1, 0.15) is 5.75 Å². The Morgan fingerprint density at radius 1 is 1.40 bits per heavy atom. The number of hydrogen-bond acceptors (Lipinski definition) is 5. The average Bonchev–Trinajstić information content (AvgIpc) is 2.44. The van der Waals surface area contributed by atoms with Crippen LogP contribution in [0.5, 0.6) is 5.75 Å². The van der Waals surface area contributed by atoms with Crippen LogP contribution < -0.4 is 15.8 Å². The number of amides is 1. The first-order valence-corrected chi connectivity index (χ1v) is 6.41. The molecule has 0 bridgehead atoms. The second-order valence-electron chi connectivity index (χ2n) is 4.29. The zero-order valence-electron chi connectivity index (χ0n) is 11.9. The number of benzene rings is 1. The highest BCUT2D eigenvalue weighted by Crippen LogP contribution is 2.20. The van der Waals surface area contributed by atoms with Crippen LogP contribution in [0.1, 0.15) is 30.6 Å². The quantitative estimate of drug-likeness (QED) is 0.606. The van der Waals surface area contributed by atoms with E-state index < -0.39 is 12.1 Å². The number of nitrogens with one attached hydrogen (secondary N) is 1. The van der Waals surface area contributed by atoms with E-state index >= 15 is 0 Å². The maximum atomic E-state index is 12.0. The molecule has 0 radical (unpaired) electrons. The van der Waals surface area contributed by atoms with Crippen molar-refractivity contribution >= 4 is 17.6 Å². The third kappa shape index (κ3) is 4.15. The molecule has 1 rings (SSSR count). The van der Waals surface area contributed by atoms with Crippen LogP contribution in [-0.4, -0.2) is 31.6 Å². The zero-order chi connectivity index (χ0) is 15.1. The van der Waals surface area contributed by atoms with Gasteiger partial charge in [0.05, 0.1) is 12.7 Å².